The van der Waals surface area contributed by atoms with Crippen LogP contribution in [0.5, 0.6) is 0 Å². The van der Waals surface area contributed by atoms with Crippen molar-refractivity contribution in [2.24, 2.45) is 5.92 Å². The Morgan fingerprint density at radius 1 is 1.32 bits per heavy atom. The molecule has 1 aliphatic rings. The van der Waals surface area contributed by atoms with E-state index in [0.29, 0.717) is 32.2 Å². The summed E-state index contributed by atoms with van der Waals surface area (Å²) < 4.78 is 12.7. The molecule has 0 bridgehead atoms. The van der Waals surface area contributed by atoms with E-state index in [2.05, 4.69) is 5.32 Å². The molecule has 0 radical (unpaired) electrons. The monoisotopic (exact) mass is 267 g/mol. The van der Waals surface area contributed by atoms with Crippen molar-refractivity contribution in [3.05, 3.63) is 30.1 Å². The molecule has 0 amide bonds. The molecule has 3 N–H and O–H groups in total. The second-order valence-electron chi connectivity index (χ2n) is 5.20. The van der Waals surface area contributed by atoms with Crippen LogP contribution < -0.4 is 5.32 Å². The highest BCUT2D eigenvalue weighted by atomic mass is 19.1. The average Bonchev–Trinajstić information content (AvgIpc) is 2.39. The van der Waals surface area contributed by atoms with Gasteiger partial charge in [-0.05, 0) is 49.9 Å². The molecule has 0 aromatic heterocycles. The number of hydrogen-bond donors (Lipinski definition) is 3. The van der Waals surface area contributed by atoms with Crippen LogP contribution in [0, 0.1) is 11.7 Å². The highest BCUT2D eigenvalue weighted by Gasteiger charge is 2.35. The number of aliphatic hydroxyl groups is 1. The van der Waals surface area contributed by atoms with Crippen molar-refractivity contribution in [2.75, 3.05) is 11.9 Å². The maximum absolute atomic E-state index is 12.7. The van der Waals surface area contributed by atoms with Crippen LogP contribution >= 0.6 is 0 Å². The Labute approximate surface area is 111 Å². The minimum absolute atomic E-state index is 0.300. The molecular weight excluding hydrogens is 249 g/mol. The SMILES string of the molecule is O=C(O)C1CCC(O)(CNc2ccc(F)cc2)CC1. The topological polar surface area (TPSA) is 69.6 Å². The van der Waals surface area contributed by atoms with Gasteiger partial charge in [0.2, 0.25) is 0 Å². The van der Waals surface area contributed by atoms with Crippen LogP contribution in [0.25, 0.3) is 0 Å². The van der Waals surface area contributed by atoms with Crippen LogP contribution in [-0.4, -0.2) is 28.3 Å². The van der Waals surface area contributed by atoms with E-state index < -0.39 is 11.6 Å². The lowest BCUT2D eigenvalue weighted by Crippen LogP contribution is -2.41. The Balaban J connectivity index is 1.86. The first-order chi connectivity index (χ1) is 8.98. The molecule has 104 valence electrons. The van der Waals surface area contributed by atoms with Crippen molar-refractivity contribution in [1.29, 1.82) is 0 Å². The molecule has 1 aromatic rings. The predicted molar refractivity (Wildman–Crippen MR) is 69.4 cm³/mol. The molecular formula is C14H18FNO3. The van der Waals surface area contributed by atoms with E-state index in [9.17, 15) is 14.3 Å². The standard InChI is InChI=1S/C14H18FNO3/c15-11-1-3-12(4-2-11)16-9-14(19)7-5-10(6-8-14)13(17)18/h1-4,10,16,19H,5-9H2,(H,17,18). The molecule has 1 fully saturated rings. The maximum Gasteiger partial charge on any atom is 0.306 e. The van der Waals surface area contributed by atoms with Gasteiger partial charge in [-0.3, -0.25) is 4.79 Å². The molecule has 0 unspecified atom stereocenters. The summed E-state index contributed by atoms with van der Waals surface area (Å²) in [7, 11) is 0. The van der Waals surface area contributed by atoms with Gasteiger partial charge in [-0.25, -0.2) is 4.39 Å². The van der Waals surface area contributed by atoms with Gasteiger partial charge in [0.25, 0.3) is 0 Å². The average molecular weight is 267 g/mol. The minimum Gasteiger partial charge on any atom is -0.481 e. The third kappa shape index (κ3) is 3.67. The number of hydrogen-bond acceptors (Lipinski definition) is 3. The molecule has 0 saturated heterocycles. The highest BCUT2D eigenvalue weighted by molar-refractivity contribution is 5.70. The van der Waals surface area contributed by atoms with Crippen molar-refractivity contribution in [3.63, 3.8) is 0 Å². The second-order valence-corrected chi connectivity index (χ2v) is 5.20. The van der Waals surface area contributed by atoms with Crippen molar-refractivity contribution < 1.29 is 19.4 Å². The van der Waals surface area contributed by atoms with Gasteiger partial charge in [0.05, 0.1) is 11.5 Å². The fourth-order valence-corrected chi connectivity index (χ4v) is 2.41. The van der Waals surface area contributed by atoms with Crippen molar-refractivity contribution in [1.82, 2.24) is 0 Å². The Morgan fingerprint density at radius 2 is 1.89 bits per heavy atom. The molecule has 1 saturated carbocycles. The number of nitrogens with one attached hydrogen (secondary N) is 1. The molecule has 5 heteroatoms. The highest BCUT2D eigenvalue weighted by Crippen LogP contribution is 2.32. The summed E-state index contributed by atoms with van der Waals surface area (Å²) >= 11 is 0. The molecule has 0 atom stereocenters. The molecule has 0 heterocycles. The summed E-state index contributed by atoms with van der Waals surface area (Å²) in [6.07, 6.45) is 1.93. The van der Waals surface area contributed by atoms with Gasteiger partial charge < -0.3 is 15.5 Å². The van der Waals surface area contributed by atoms with Gasteiger partial charge in [-0.1, -0.05) is 0 Å². The van der Waals surface area contributed by atoms with Crippen LogP contribution in [0.3, 0.4) is 0 Å². The Hall–Kier alpha value is -1.62. The third-order valence-corrected chi connectivity index (χ3v) is 3.73. The van der Waals surface area contributed by atoms with Crippen molar-refractivity contribution in [2.45, 2.75) is 31.3 Å². The van der Waals surface area contributed by atoms with E-state index >= 15 is 0 Å². The van der Waals surface area contributed by atoms with Gasteiger partial charge in [0, 0.05) is 12.2 Å². The normalized spacial score (nSPS) is 26.9. The first-order valence-electron chi connectivity index (χ1n) is 6.43. The number of anilines is 1. The summed E-state index contributed by atoms with van der Waals surface area (Å²) in [5.41, 5.74) is -0.129. The van der Waals surface area contributed by atoms with Gasteiger partial charge in [-0.2, -0.15) is 0 Å². The number of benzene rings is 1. The Bertz CT molecular complexity index is 439. The van der Waals surface area contributed by atoms with Crippen molar-refractivity contribution in [3.8, 4) is 0 Å². The number of aliphatic carboxylic acids is 1. The van der Waals surface area contributed by atoms with Crippen LogP contribution in [-0.2, 0) is 4.79 Å². The van der Waals surface area contributed by atoms with Gasteiger partial charge in [-0.15, -0.1) is 0 Å². The Kier molecular flexibility index (Phi) is 4.04. The summed E-state index contributed by atoms with van der Waals surface area (Å²) in [4.78, 5) is 10.8. The molecule has 4 nitrogen and oxygen atoms in total. The summed E-state index contributed by atoms with van der Waals surface area (Å²) in [6, 6.07) is 5.94. The summed E-state index contributed by atoms with van der Waals surface area (Å²) in [5.74, 6) is -1.43. The lowest BCUT2D eigenvalue weighted by molar-refractivity contribution is -0.144. The quantitative estimate of drug-likeness (QED) is 0.782. The van der Waals surface area contributed by atoms with Gasteiger partial charge in [0.1, 0.15) is 5.82 Å². The smallest absolute Gasteiger partial charge is 0.306 e. The lowest BCUT2D eigenvalue weighted by atomic mass is 9.79. The van der Waals surface area contributed by atoms with E-state index in [0.717, 1.165) is 5.69 Å². The predicted octanol–water partition coefficient (Wildman–Crippen LogP) is 2.24. The van der Waals surface area contributed by atoms with Crippen LogP contribution in [0.4, 0.5) is 10.1 Å². The zero-order chi connectivity index (χ0) is 13.9. The fraction of sp³-hybridized carbons (Fsp3) is 0.500. The Morgan fingerprint density at radius 3 is 2.42 bits per heavy atom. The number of carboxylic acids is 1. The largest absolute Gasteiger partial charge is 0.481 e. The minimum atomic E-state index is -0.875. The van der Waals surface area contributed by atoms with Crippen molar-refractivity contribution >= 4 is 11.7 Å². The number of rotatable bonds is 4. The maximum atomic E-state index is 12.7. The van der Waals surface area contributed by atoms with E-state index in [-0.39, 0.29) is 11.7 Å². The van der Waals surface area contributed by atoms with Crippen LogP contribution in [0.15, 0.2) is 24.3 Å². The number of carbonyl (C=O) groups is 1. The first kappa shape index (κ1) is 13.8. The fourth-order valence-electron chi connectivity index (χ4n) is 2.41. The van der Waals surface area contributed by atoms with E-state index in [1.807, 2.05) is 0 Å². The van der Waals surface area contributed by atoms with Gasteiger partial charge >= 0.3 is 5.97 Å². The molecule has 2 rings (SSSR count). The zero-order valence-corrected chi connectivity index (χ0v) is 10.6. The molecule has 1 aromatic carbocycles. The zero-order valence-electron chi connectivity index (χ0n) is 10.6. The second kappa shape index (κ2) is 5.57. The summed E-state index contributed by atoms with van der Waals surface area (Å²) in [5, 5.41) is 22.3. The summed E-state index contributed by atoms with van der Waals surface area (Å²) in [6.45, 7) is 0.352. The van der Waals surface area contributed by atoms with Gasteiger partial charge in [0.15, 0.2) is 0 Å². The first-order valence-corrected chi connectivity index (χ1v) is 6.43. The lowest BCUT2D eigenvalue weighted by Gasteiger charge is -2.35. The van der Waals surface area contributed by atoms with Crippen LogP contribution in [0.1, 0.15) is 25.7 Å². The molecule has 19 heavy (non-hydrogen) atoms. The third-order valence-electron chi connectivity index (χ3n) is 3.73. The number of carboxylic acid groups (broad SMARTS) is 1. The molecule has 0 aliphatic heterocycles. The van der Waals surface area contributed by atoms with Crippen LogP contribution in [0.2, 0.25) is 0 Å². The van der Waals surface area contributed by atoms with E-state index in [1.54, 1.807) is 12.1 Å². The number of halogens is 1. The van der Waals surface area contributed by atoms with E-state index in [1.165, 1.54) is 12.1 Å². The van der Waals surface area contributed by atoms with E-state index in [4.69, 9.17) is 5.11 Å². The molecule has 1 aliphatic carbocycles. The molecule has 0 spiro atoms.